The van der Waals surface area contributed by atoms with Crippen molar-refractivity contribution in [3.63, 3.8) is 0 Å². The molecule has 0 saturated carbocycles. The number of fused-ring (bicyclic) bond motifs is 1. The van der Waals surface area contributed by atoms with Gasteiger partial charge in [0.2, 0.25) is 11.9 Å². The van der Waals surface area contributed by atoms with E-state index in [1.165, 1.54) is 0 Å². The van der Waals surface area contributed by atoms with Gasteiger partial charge in [0.25, 0.3) is 5.91 Å². The van der Waals surface area contributed by atoms with E-state index in [0.29, 0.717) is 24.5 Å². The third kappa shape index (κ3) is 3.92. The maximum Gasteiger partial charge on any atom is 0.251 e. The highest BCUT2D eigenvalue weighted by atomic mass is 16.2. The third-order valence-electron chi connectivity index (χ3n) is 4.70. The van der Waals surface area contributed by atoms with E-state index in [0.717, 1.165) is 16.8 Å². The topological polar surface area (TPSA) is 87.2 Å². The van der Waals surface area contributed by atoms with Gasteiger partial charge >= 0.3 is 0 Å². The van der Waals surface area contributed by atoms with Crippen LogP contribution in [-0.4, -0.2) is 34.4 Å². The van der Waals surface area contributed by atoms with E-state index in [1.54, 1.807) is 30.3 Å². The number of aryl methyl sites for hydroxylation is 1. The predicted molar refractivity (Wildman–Crippen MR) is 105 cm³/mol. The Hall–Kier alpha value is -2.96. The van der Waals surface area contributed by atoms with Crippen LogP contribution in [0.2, 0.25) is 0 Å². The molecule has 0 saturated heterocycles. The van der Waals surface area contributed by atoms with Crippen molar-refractivity contribution in [2.75, 3.05) is 16.8 Å². The number of rotatable bonds is 4. The van der Waals surface area contributed by atoms with Gasteiger partial charge in [0.05, 0.1) is 6.04 Å². The third-order valence-corrected chi connectivity index (χ3v) is 4.70. The monoisotopic (exact) mass is 367 g/mol. The fourth-order valence-corrected chi connectivity index (χ4v) is 3.51. The van der Waals surface area contributed by atoms with Gasteiger partial charge in [0.15, 0.2) is 0 Å². The maximum atomic E-state index is 12.3. The second kappa shape index (κ2) is 7.73. The van der Waals surface area contributed by atoms with Crippen LogP contribution >= 0.6 is 0 Å². The smallest absolute Gasteiger partial charge is 0.251 e. The van der Waals surface area contributed by atoms with Gasteiger partial charge in [-0.15, -0.1) is 0 Å². The van der Waals surface area contributed by atoms with Crippen molar-refractivity contribution in [1.82, 2.24) is 15.3 Å². The summed E-state index contributed by atoms with van der Waals surface area (Å²) in [4.78, 5) is 34.9. The van der Waals surface area contributed by atoms with Gasteiger partial charge in [-0.3, -0.25) is 9.59 Å². The number of hydrogen-bond acceptors (Lipinski definition) is 5. The Morgan fingerprint density at radius 2 is 1.96 bits per heavy atom. The molecule has 2 heterocycles. The summed E-state index contributed by atoms with van der Waals surface area (Å²) in [6, 6.07) is 5.39. The summed E-state index contributed by atoms with van der Waals surface area (Å²) in [7, 11) is 0. The molecule has 2 atom stereocenters. The summed E-state index contributed by atoms with van der Waals surface area (Å²) in [5, 5.41) is 6.18. The van der Waals surface area contributed by atoms with Crippen molar-refractivity contribution < 1.29 is 9.59 Å². The minimum absolute atomic E-state index is 0.0143. The van der Waals surface area contributed by atoms with E-state index in [4.69, 9.17) is 0 Å². The lowest BCUT2D eigenvalue weighted by Crippen LogP contribution is -2.43. The maximum absolute atomic E-state index is 12.3. The minimum atomic E-state index is -0.126. The van der Waals surface area contributed by atoms with E-state index in [9.17, 15) is 9.59 Å². The molecule has 0 unspecified atom stereocenters. The van der Waals surface area contributed by atoms with Gasteiger partial charge in [-0.05, 0) is 56.5 Å². The van der Waals surface area contributed by atoms with Crippen molar-refractivity contribution in [3.8, 4) is 0 Å². The quantitative estimate of drug-likeness (QED) is 0.868. The van der Waals surface area contributed by atoms with Crippen LogP contribution in [0, 0.1) is 6.92 Å². The second-order valence-electron chi connectivity index (χ2n) is 6.89. The van der Waals surface area contributed by atoms with Gasteiger partial charge < -0.3 is 15.5 Å². The van der Waals surface area contributed by atoms with Crippen molar-refractivity contribution in [3.05, 3.63) is 47.3 Å². The first-order valence-electron chi connectivity index (χ1n) is 9.17. The summed E-state index contributed by atoms with van der Waals surface area (Å²) in [5.41, 5.74) is 3.28. The summed E-state index contributed by atoms with van der Waals surface area (Å²) in [5.74, 6) is 0.390. The number of nitrogens with one attached hydrogen (secondary N) is 2. The molecule has 2 amide bonds. The highest BCUT2D eigenvalue weighted by Gasteiger charge is 2.33. The molecule has 3 rings (SSSR count). The van der Waals surface area contributed by atoms with Gasteiger partial charge in [-0.2, -0.15) is 0 Å². The Morgan fingerprint density at radius 1 is 1.26 bits per heavy atom. The molecule has 2 aromatic rings. The molecule has 0 fully saturated rings. The van der Waals surface area contributed by atoms with E-state index in [2.05, 4.69) is 20.6 Å². The number of anilines is 2. The van der Waals surface area contributed by atoms with Crippen molar-refractivity contribution in [1.29, 1.82) is 0 Å². The average molecular weight is 367 g/mol. The van der Waals surface area contributed by atoms with Gasteiger partial charge in [0.1, 0.15) is 0 Å². The number of hydrogen-bond donors (Lipinski definition) is 2. The van der Waals surface area contributed by atoms with Gasteiger partial charge in [0, 0.05) is 43.2 Å². The molecule has 1 aliphatic heterocycles. The Balaban J connectivity index is 2.01. The van der Waals surface area contributed by atoms with Crippen LogP contribution in [0.4, 0.5) is 11.6 Å². The van der Waals surface area contributed by atoms with Crippen LogP contribution in [0.1, 0.15) is 54.7 Å². The molecule has 0 bridgehead atoms. The van der Waals surface area contributed by atoms with Crippen LogP contribution < -0.4 is 15.5 Å². The summed E-state index contributed by atoms with van der Waals surface area (Å²) >= 11 is 0. The van der Waals surface area contributed by atoms with E-state index < -0.39 is 0 Å². The second-order valence-corrected chi connectivity index (χ2v) is 6.89. The van der Waals surface area contributed by atoms with E-state index in [1.807, 2.05) is 32.9 Å². The number of amides is 2. The molecular weight excluding hydrogens is 342 g/mol. The first-order chi connectivity index (χ1) is 12.9. The van der Waals surface area contributed by atoms with Crippen LogP contribution in [0.5, 0.6) is 0 Å². The lowest BCUT2D eigenvalue weighted by Gasteiger charge is -2.39. The van der Waals surface area contributed by atoms with Crippen molar-refractivity contribution >= 4 is 23.5 Å². The van der Waals surface area contributed by atoms with Crippen LogP contribution in [0.15, 0.2) is 30.6 Å². The molecule has 7 heteroatoms. The lowest BCUT2D eigenvalue weighted by atomic mass is 9.90. The first-order valence-corrected chi connectivity index (χ1v) is 9.17. The predicted octanol–water partition coefficient (Wildman–Crippen LogP) is 2.83. The Kier molecular flexibility index (Phi) is 5.39. The van der Waals surface area contributed by atoms with Gasteiger partial charge in [-0.25, -0.2) is 9.97 Å². The molecule has 142 valence electrons. The standard InChI is InChI=1S/C20H25N5O2/c1-5-21-19(27)15-6-7-18-16(9-15)17(8-13(3)25(18)14(4)26)24-20-22-10-12(2)11-23-20/h6-7,9-11,13,17H,5,8H2,1-4H3,(H,21,27)(H,22,23,24)/t13-,17+/m0/s1. The fourth-order valence-electron chi connectivity index (χ4n) is 3.51. The van der Waals surface area contributed by atoms with E-state index in [-0.39, 0.29) is 23.9 Å². The van der Waals surface area contributed by atoms with Crippen LogP contribution in [0.3, 0.4) is 0 Å². The normalized spacial score (nSPS) is 18.6. The zero-order valence-corrected chi connectivity index (χ0v) is 16.1. The number of carbonyl (C=O) groups is 2. The Morgan fingerprint density at radius 3 is 2.59 bits per heavy atom. The zero-order valence-electron chi connectivity index (χ0n) is 16.1. The molecule has 0 radical (unpaired) electrons. The lowest BCUT2D eigenvalue weighted by molar-refractivity contribution is -0.117. The van der Waals surface area contributed by atoms with Crippen molar-refractivity contribution in [2.45, 2.75) is 46.2 Å². The molecule has 27 heavy (non-hydrogen) atoms. The Bertz CT molecular complexity index is 850. The molecule has 7 nitrogen and oxygen atoms in total. The first kappa shape index (κ1) is 18.8. The highest BCUT2D eigenvalue weighted by molar-refractivity contribution is 5.97. The fraction of sp³-hybridized carbons (Fsp3) is 0.400. The molecule has 1 aromatic heterocycles. The zero-order chi connectivity index (χ0) is 19.6. The van der Waals surface area contributed by atoms with Crippen LogP contribution in [-0.2, 0) is 4.79 Å². The largest absolute Gasteiger partial charge is 0.352 e. The SMILES string of the molecule is CCNC(=O)c1ccc2c(c1)[C@H](Nc1ncc(C)cn1)C[C@H](C)N2C(C)=O. The molecule has 2 N–H and O–H groups in total. The molecule has 1 aliphatic rings. The molecule has 0 aliphatic carbocycles. The average Bonchev–Trinajstić information content (AvgIpc) is 2.63. The minimum Gasteiger partial charge on any atom is -0.352 e. The summed E-state index contributed by atoms with van der Waals surface area (Å²) in [6.45, 7) is 7.96. The van der Waals surface area contributed by atoms with E-state index >= 15 is 0 Å². The summed E-state index contributed by atoms with van der Waals surface area (Å²) < 4.78 is 0. The van der Waals surface area contributed by atoms with Gasteiger partial charge in [-0.1, -0.05) is 0 Å². The summed E-state index contributed by atoms with van der Waals surface area (Å²) in [6.07, 6.45) is 4.22. The molecular formula is C20H25N5O2. The molecule has 1 aromatic carbocycles. The number of aromatic nitrogens is 2. The number of carbonyl (C=O) groups excluding carboxylic acids is 2. The highest BCUT2D eigenvalue weighted by Crippen LogP contribution is 2.39. The number of nitrogens with zero attached hydrogens (tertiary/aromatic N) is 3. The van der Waals surface area contributed by atoms with Crippen molar-refractivity contribution in [2.24, 2.45) is 0 Å². The molecule has 0 spiro atoms. The Labute approximate surface area is 159 Å². The van der Waals surface area contributed by atoms with Crippen LogP contribution in [0.25, 0.3) is 0 Å². The number of benzene rings is 1.